The highest BCUT2D eigenvalue weighted by molar-refractivity contribution is 5.96. The monoisotopic (exact) mass is 191 g/mol. The van der Waals surface area contributed by atoms with Gasteiger partial charge in [-0.3, -0.25) is 0 Å². The van der Waals surface area contributed by atoms with Crippen molar-refractivity contribution >= 4 is 11.5 Å². The highest BCUT2D eigenvalue weighted by Gasteiger charge is 2.06. The van der Waals surface area contributed by atoms with Crippen molar-refractivity contribution in [1.82, 2.24) is 14.6 Å². The molecule has 0 saturated heterocycles. The fourth-order valence-corrected chi connectivity index (χ4v) is 1.15. The first kappa shape index (κ1) is 8.49. The van der Waals surface area contributed by atoms with Crippen LogP contribution in [0.3, 0.4) is 0 Å². The molecule has 3 N–H and O–H groups in total. The summed E-state index contributed by atoms with van der Waals surface area (Å²) in [7, 11) is 0. The summed E-state index contributed by atoms with van der Waals surface area (Å²) >= 11 is 0. The first-order valence-corrected chi connectivity index (χ1v) is 4.00. The second-order valence-corrected chi connectivity index (χ2v) is 2.95. The van der Waals surface area contributed by atoms with E-state index in [0.717, 1.165) is 5.56 Å². The molecule has 0 aliphatic carbocycles. The zero-order valence-electron chi connectivity index (χ0n) is 7.55. The van der Waals surface area contributed by atoms with Gasteiger partial charge in [0, 0.05) is 18.5 Å². The van der Waals surface area contributed by atoms with E-state index >= 15 is 0 Å². The molecular formula is C8H9N5O. The van der Waals surface area contributed by atoms with Crippen LogP contribution in [-0.4, -0.2) is 25.6 Å². The molecule has 6 heteroatoms. The smallest absolute Gasteiger partial charge is 0.190 e. The number of oxime groups is 1. The van der Waals surface area contributed by atoms with E-state index < -0.39 is 0 Å². The summed E-state index contributed by atoms with van der Waals surface area (Å²) in [5.41, 5.74) is 7.46. The van der Waals surface area contributed by atoms with Crippen molar-refractivity contribution in [2.45, 2.75) is 6.92 Å². The van der Waals surface area contributed by atoms with Crippen LogP contribution in [0.5, 0.6) is 0 Å². The van der Waals surface area contributed by atoms with Crippen molar-refractivity contribution in [2.24, 2.45) is 10.9 Å². The van der Waals surface area contributed by atoms with E-state index in [4.69, 9.17) is 10.9 Å². The van der Waals surface area contributed by atoms with Crippen molar-refractivity contribution in [3.05, 3.63) is 29.7 Å². The SMILES string of the molecule is Cc1cnc2cc(/C(N)=N\O)nn2c1. The summed E-state index contributed by atoms with van der Waals surface area (Å²) in [6.45, 7) is 1.91. The maximum Gasteiger partial charge on any atom is 0.190 e. The van der Waals surface area contributed by atoms with Crippen molar-refractivity contribution in [1.29, 1.82) is 0 Å². The molecule has 0 radical (unpaired) electrons. The van der Waals surface area contributed by atoms with Gasteiger partial charge in [-0.05, 0) is 12.5 Å². The third-order valence-electron chi connectivity index (χ3n) is 1.81. The zero-order chi connectivity index (χ0) is 10.1. The van der Waals surface area contributed by atoms with Gasteiger partial charge in [0.15, 0.2) is 11.5 Å². The Morgan fingerprint density at radius 1 is 1.64 bits per heavy atom. The van der Waals surface area contributed by atoms with Gasteiger partial charge in [0.2, 0.25) is 0 Å². The predicted molar refractivity (Wildman–Crippen MR) is 50.2 cm³/mol. The molecule has 0 fully saturated rings. The van der Waals surface area contributed by atoms with Crippen molar-refractivity contribution in [3.63, 3.8) is 0 Å². The molecule has 14 heavy (non-hydrogen) atoms. The minimum atomic E-state index is -0.0202. The molecule has 0 aliphatic heterocycles. The second kappa shape index (κ2) is 2.99. The van der Waals surface area contributed by atoms with E-state index in [2.05, 4.69) is 15.2 Å². The topological polar surface area (TPSA) is 88.8 Å². The van der Waals surface area contributed by atoms with Gasteiger partial charge < -0.3 is 10.9 Å². The number of nitrogens with two attached hydrogens (primary N) is 1. The Bertz CT molecular complexity index is 501. The fourth-order valence-electron chi connectivity index (χ4n) is 1.15. The molecule has 0 atom stereocenters. The van der Waals surface area contributed by atoms with Crippen LogP contribution in [0, 0.1) is 6.92 Å². The average Bonchev–Trinajstić information content (AvgIpc) is 2.59. The first-order chi connectivity index (χ1) is 6.70. The third-order valence-corrected chi connectivity index (χ3v) is 1.81. The Morgan fingerprint density at radius 2 is 2.43 bits per heavy atom. The van der Waals surface area contributed by atoms with E-state index in [9.17, 15) is 0 Å². The molecule has 72 valence electrons. The van der Waals surface area contributed by atoms with Crippen LogP contribution in [0.4, 0.5) is 0 Å². The lowest BCUT2D eigenvalue weighted by Gasteiger charge is -1.92. The molecule has 0 aliphatic rings. The van der Waals surface area contributed by atoms with Gasteiger partial charge in [-0.1, -0.05) is 5.16 Å². The molecule has 2 aromatic rings. The summed E-state index contributed by atoms with van der Waals surface area (Å²) < 4.78 is 1.59. The summed E-state index contributed by atoms with van der Waals surface area (Å²) in [4.78, 5) is 4.13. The summed E-state index contributed by atoms with van der Waals surface area (Å²) in [5, 5.41) is 15.4. The summed E-state index contributed by atoms with van der Waals surface area (Å²) in [6, 6.07) is 1.65. The van der Waals surface area contributed by atoms with E-state index in [1.807, 2.05) is 13.1 Å². The molecule has 0 unspecified atom stereocenters. The number of aryl methyl sites for hydroxylation is 1. The largest absolute Gasteiger partial charge is 0.409 e. The van der Waals surface area contributed by atoms with Crippen LogP contribution in [0.15, 0.2) is 23.6 Å². The molecule has 2 heterocycles. The molecule has 0 bridgehead atoms. The molecule has 0 aromatic carbocycles. The van der Waals surface area contributed by atoms with Gasteiger partial charge in [0.25, 0.3) is 0 Å². The molecular weight excluding hydrogens is 182 g/mol. The Balaban J connectivity index is 2.62. The fraction of sp³-hybridized carbons (Fsp3) is 0.125. The average molecular weight is 191 g/mol. The maximum absolute atomic E-state index is 8.46. The normalized spacial score (nSPS) is 12.2. The quantitative estimate of drug-likeness (QED) is 0.290. The van der Waals surface area contributed by atoms with Crippen LogP contribution in [0.25, 0.3) is 5.65 Å². The number of hydrogen-bond donors (Lipinski definition) is 2. The molecule has 6 nitrogen and oxygen atoms in total. The second-order valence-electron chi connectivity index (χ2n) is 2.95. The Morgan fingerprint density at radius 3 is 3.14 bits per heavy atom. The van der Waals surface area contributed by atoms with Crippen LogP contribution in [0.1, 0.15) is 11.3 Å². The van der Waals surface area contributed by atoms with Crippen LogP contribution in [-0.2, 0) is 0 Å². The van der Waals surface area contributed by atoms with E-state index in [-0.39, 0.29) is 5.84 Å². The molecule has 2 aromatic heterocycles. The zero-order valence-corrected chi connectivity index (χ0v) is 7.55. The number of nitrogens with zero attached hydrogens (tertiary/aromatic N) is 4. The van der Waals surface area contributed by atoms with Gasteiger partial charge in [-0.15, -0.1) is 0 Å². The number of aromatic nitrogens is 3. The van der Waals surface area contributed by atoms with Gasteiger partial charge in [-0.25, -0.2) is 9.50 Å². The number of fused-ring (bicyclic) bond motifs is 1. The third kappa shape index (κ3) is 1.26. The van der Waals surface area contributed by atoms with E-state index in [1.165, 1.54) is 0 Å². The van der Waals surface area contributed by atoms with Gasteiger partial charge in [0.1, 0.15) is 5.69 Å². The summed E-state index contributed by atoms with van der Waals surface area (Å²) in [5.74, 6) is -0.0202. The van der Waals surface area contributed by atoms with Crippen molar-refractivity contribution in [3.8, 4) is 0 Å². The minimum Gasteiger partial charge on any atom is -0.409 e. The highest BCUT2D eigenvalue weighted by Crippen LogP contribution is 2.04. The van der Waals surface area contributed by atoms with Crippen LogP contribution in [0.2, 0.25) is 0 Å². The highest BCUT2D eigenvalue weighted by atomic mass is 16.4. The lowest BCUT2D eigenvalue weighted by molar-refractivity contribution is 0.318. The Kier molecular flexibility index (Phi) is 1.81. The Labute approximate surface area is 79.7 Å². The predicted octanol–water partition coefficient (Wildman–Crippen LogP) is 0.132. The first-order valence-electron chi connectivity index (χ1n) is 4.00. The van der Waals surface area contributed by atoms with Crippen molar-refractivity contribution in [2.75, 3.05) is 0 Å². The lowest BCUT2D eigenvalue weighted by Crippen LogP contribution is -2.13. The number of rotatable bonds is 1. The van der Waals surface area contributed by atoms with Gasteiger partial charge in [-0.2, -0.15) is 5.10 Å². The lowest BCUT2D eigenvalue weighted by atomic mass is 10.4. The maximum atomic E-state index is 8.46. The summed E-state index contributed by atoms with van der Waals surface area (Å²) in [6.07, 6.45) is 3.55. The van der Waals surface area contributed by atoms with Gasteiger partial charge >= 0.3 is 0 Å². The number of hydrogen-bond acceptors (Lipinski definition) is 4. The molecule has 0 saturated carbocycles. The minimum absolute atomic E-state index is 0.0202. The van der Waals surface area contributed by atoms with E-state index in [1.54, 1.807) is 16.8 Å². The number of amidine groups is 1. The molecule has 2 rings (SSSR count). The standard InChI is InChI=1S/C8H9N5O/c1-5-3-10-7-2-6(8(9)12-14)11-13(7)4-5/h2-4,14H,1H3,(H2,9,12). The van der Waals surface area contributed by atoms with Crippen LogP contribution < -0.4 is 5.73 Å². The van der Waals surface area contributed by atoms with Gasteiger partial charge in [0.05, 0.1) is 0 Å². The van der Waals surface area contributed by atoms with E-state index in [0.29, 0.717) is 11.3 Å². The van der Waals surface area contributed by atoms with Crippen molar-refractivity contribution < 1.29 is 5.21 Å². The van der Waals surface area contributed by atoms with Crippen LogP contribution >= 0.6 is 0 Å². The molecule has 0 amide bonds. The Hall–Kier alpha value is -2.11. The molecule has 0 spiro atoms.